The Labute approximate surface area is 165 Å². The van der Waals surface area contributed by atoms with E-state index in [1.807, 2.05) is 12.1 Å². The first-order valence-corrected chi connectivity index (χ1v) is 10.2. The molecule has 3 atom stereocenters. The number of nitrogens with one attached hydrogen (secondary N) is 2. The Kier molecular flexibility index (Phi) is 6.73. The van der Waals surface area contributed by atoms with E-state index in [0.29, 0.717) is 37.0 Å². The lowest BCUT2D eigenvalue weighted by Gasteiger charge is -2.29. The van der Waals surface area contributed by atoms with Gasteiger partial charge in [-0.1, -0.05) is 31.0 Å². The van der Waals surface area contributed by atoms with Gasteiger partial charge in [0, 0.05) is 24.7 Å². The number of nitrogens with zero attached hydrogens (tertiary/aromatic N) is 1. The van der Waals surface area contributed by atoms with E-state index in [1.54, 1.807) is 11.0 Å². The van der Waals surface area contributed by atoms with Crippen LogP contribution >= 0.6 is 11.6 Å². The van der Waals surface area contributed by atoms with Gasteiger partial charge in [0.05, 0.1) is 6.04 Å². The summed E-state index contributed by atoms with van der Waals surface area (Å²) in [6.45, 7) is 4.39. The van der Waals surface area contributed by atoms with Crippen LogP contribution in [0.15, 0.2) is 18.2 Å². The Hall–Kier alpha value is -1.63. The molecule has 6 nitrogen and oxygen atoms in total. The molecule has 148 valence electrons. The van der Waals surface area contributed by atoms with E-state index < -0.39 is 6.04 Å². The molecule has 2 saturated heterocycles. The van der Waals surface area contributed by atoms with Gasteiger partial charge in [-0.2, -0.15) is 0 Å². The van der Waals surface area contributed by atoms with Gasteiger partial charge in [0.2, 0.25) is 11.8 Å². The second-order valence-corrected chi connectivity index (χ2v) is 7.85. The smallest absolute Gasteiger partial charge is 0.243 e. The predicted octanol–water partition coefficient (Wildman–Crippen LogP) is 1.79. The standard InChI is InChI=1S/C20H29ClN4O2/c1-2-13-7-8-23-18(13)20(27)25-9-3-4-17(25)19(26)24-12-15-10-16(21)6-5-14(15)11-22/h5-6,10,13,17-18,23H,2-4,7-9,11-12,22H2,1H3,(H,24,26)/t13?,17-,18?/m0/s1. The summed E-state index contributed by atoms with van der Waals surface area (Å²) < 4.78 is 0. The fourth-order valence-corrected chi connectivity index (χ4v) is 4.42. The number of benzene rings is 1. The molecule has 0 bridgehead atoms. The highest BCUT2D eigenvalue weighted by molar-refractivity contribution is 6.30. The zero-order valence-electron chi connectivity index (χ0n) is 15.8. The lowest BCUT2D eigenvalue weighted by Crippen LogP contribution is -2.52. The number of hydrogen-bond acceptors (Lipinski definition) is 4. The number of amides is 2. The summed E-state index contributed by atoms with van der Waals surface area (Å²) >= 11 is 6.07. The maximum absolute atomic E-state index is 13.0. The Morgan fingerprint density at radius 3 is 2.89 bits per heavy atom. The molecular weight excluding hydrogens is 364 g/mol. The van der Waals surface area contributed by atoms with Crippen molar-refractivity contribution in [1.29, 1.82) is 0 Å². The molecule has 4 N–H and O–H groups in total. The number of hydrogen-bond donors (Lipinski definition) is 3. The van der Waals surface area contributed by atoms with Crippen LogP contribution in [0.1, 0.15) is 43.7 Å². The van der Waals surface area contributed by atoms with Gasteiger partial charge >= 0.3 is 0 Å². The minimum absolute atomic E-state index is 0.0717. The molecule has 0 aliphatic carbocycles. The SMILES string of the molecule is CCC1CCNC1C(=O)N1CCC[C@H]1C(=O)NCc1cc(Cl)ccc1CN. The first-order chi connectivity index (χ1) is 13.0. The van der Waals surface area contributed by atoms with Crippen molar-refractivity contribution in [3.63, 3.8) is 0 Å². The fourth-order valence-electron chi connectivity index (χ4n) is 4.23. The van der Waals surface area contributed by atoms with Crippen LogP contribution in [0.3, 0.4) is 0 Å². The van der Waals surface area contributed by atoms with E-state index >= 15 is 0 Å². The van der Waals surface area contributed by atoms with Crippen molar-refractivity contribution in [2.45, 2.75) is 57.8 Å². The van der Waals surface area contributed by atoms with Gasteiger partial charge in [0.25, 0.3) is 0 Å². The molecule has 2 unspecified atom stereocenters. The van der Waals surface area contributed by atoms with Crippen molar-refractivity contribution in [2.24, 2.45) is 11.7 Å². The summed E-state index contributed by atoms with van der Waals surface area (Å²) in [5.74, 6) is 0.331. The Morgan fingerprint density at radius 1 is 1.33 bits per heavy atom. The number of nitrogens with two attached hydrogens (primary N) is 1. The van der Waals surface area contributed by atoms with E-state index in [0.717, 1.165) is 36.9 Å². The third-order valence-corrected chi connectivity index (χ3v) is 6.06. The highest BCUT2D eigenvalue weighted by Crippen LogP contribution is 2.25. The Balaban J connectivity index is 1.64. The second-order valence-electron chi connectivity index (χ2n) is 7.41. The molecule has 1 aromatic rings. The number of rotatable bonds is 6. The van der Waals surface area contributed by atoms with Gasteiger partial charge in [0.1, 0.15) is 6.04 Å². The van der Waals surface area contributed by atoms with Crippen molar-refractivity contribution in [1.82, 2.24) is 15.5 Å². The molecule has 1 aromatic carbocycles. The molecule has 0 aromatic heterocycles. The van der Waals surface area contributed by atoms with E-state index in [2.05, 4.69) is 17.6 Å². The van der Waals surface area contributed by atoms with Crippen LogP contribution in [0, 0.1) is 5.92 Å². The van der Waals surface area contributed by atoms with Gasteiger partial charge in [-0.05, 0) is 55.0 Å². The molecule has 3 rings (SSSR count). The first kappa shape index (κ1) is 20.1. The van der Waals surface area contributed by atoms with Gasteiger partial charge in [-0.15, -0.1) is 0 Å². The highest BCUT2D eigenvalue weighted by atomic mass is 35.5. The van der Waals surface area contributed by atoms with Crippen LogP contribution in [-0.2, 0) is 22.7 Å². The fraction of sp³-hybridized carbons (Fsp3) is 0.600. The van der Waals surface area contributed by atoms with Crippen LogP contribution in [-0.4, -0.2) is 41.9 Å². The van der Waals surface area contributed by atoms with Gasteiger partial charge < -0.3 is 21.3 Å². The van der Waals surface area contributed by atoms with Gasteiger partial charge in [0.15, 0.2) is 0 Å². The van der Waals surface area contributed by atoms with E-state index in [9.17, 15) is 9.59 Å². The molecule has 27 heavy (non-hydrogen) atoms. The van der Waals surface area contributed by atoms with Crippen LogP contribution in [0.4, 0.5) is 0 Å². The first-order valence-electron chi connectivity index (χ1n) is 9.84. The van der Waals surface area contributed by atoms with Crippen LogP contribution in [0.25, 0.3) is 0 Å². The lowest BCUT2D eigenvalue weighted by atomic mass is 9.96. The zero-order valence-corrected chi connectivity index (χ0v) is 16.6. The summed E-state index contributed by atoms with van der Waals surface area (Å²) in [6, 6.07) is 4.96. The third kappa shape index (κ3) is 4.45. The normalized spacial score (nSPS) is 25.0. The van der Waals surface area contributed by atoms with E-state index in [-0.39, 0.29) is 17.9 Å². The topological polar surface area (TPSA) is 87.5 Å². The van der Waals surface area contributed by atoms with Crippen molar-refractivity contribution < 1.29 is 9.59 Å². The van der Waals surface area contributed by atoms with Crippen LogP contribution in [0.5, 0.6) is 0 Å². The molecule has 0 spiro atoms. The molecule has 2 heterocycles. The number of likely N-dealkylation sites (tertiary alicyclic amines) is 1. The molecule has 0 saturated carbocycles. The molecule has 2 amide bonds. The third-order valence-electron chi connectivity index (χ3n) is 5.82. The Bertz CT molecular complexity index is 697. The molecule has 2 aliphatic rings. The van der Waals surface area contributed by atoms with Gasteiger partial charge in [-0.25, -0.2) is 0 Å². The Morgan fingerprint density at radius 2 is 2.15 bits per heavy atom. The number of carbonyl (C=O) groups is 2. The monoisotopic (exact) mass is 392 g/mol. The molecule has 0 radical (unpaired) electrons. The predicted molar refractivity (Wildman–Crippen MR) is 106 cm³/mol. The highest BCUT2D eigenvalue weighted by Gasteiger charge is 2.40. The number of halogens is 1. The maximum Gasteiger partial charge on any atom is 0.243 e. The molecule has 7 heteroatoms. The zero-order chi connectivity index (χ0) is 19.4. The average Bonchev–Trinajstić information content (AvgIpc) is 3.34. The van der Waals surface area contributed by atoms with E-state index in [4.69, 9.17) is 17.3 Å². The van der Waals surface area contributed by atoms with Crippen molar-refractivity contribution in [2.75, 3.05) is 13.1 Å². The maximum atomic E-state index is 13.0. The molecular formula is C20H29ClN4O2. The minimum atomic E-state index is -0.391. The summed E-state index contributed by atoms with van der Waals surface area (Å²) in [5, 5.41) is 6.92. The summed E-state index contributed by atoms with van der Waals surface area (Å²) in [6.07, 6.45) is 3.57. The van der Waals surface area contributed by atoms with E-state index in [1.165, 1.54) is 0 Å². The summed E-state index contributed by atoms with van der Waals surface area (Å²) in [5.41, 5.74) is 7.64. The molecule has 2 aliphatic heterocycles. The minimum Gasteiger partial charge on any atom is -0.350 e. The summed E-state index contributed by atoms with van der Waals surface area (Å²) in [7, 11) is 0. The van der Waals surface area contributed by atoms with Gasteiger partial charge in [-0.3, -0.25) is 9.59 Å². The largest absolute Gasteiger partial charge is 0.350 e. The van der Waals surface area contributed by atoms with Crippen LogP contribution < -0.4 is 16.4 Å². The quantitative estimate of drug-likeness (QED) is 0.688. The summed E-state index contributed by atoms with van der Waals surface area (Å²) in [4.78, 5) is 27.6. The second kappa shape index (κ2) is 9.04. The van der Waals surface area contributed by atoms with Crippen LogP contribution in [0.2, 0.25) is 5.02 Å². The number of carbonyl (C=O) groups excluding carboxylic acids is 2. The average molecular weight is 393 g/mol. The lowest BCUT2D eigenvalue weighted by molar-refractivity contribution is -0.140. The molecule has 2 fully saturated rings. The van der Waals surface area contributed by atoms with Crippen molar-refractivity contribution >= 4 is 23.4 Å². The van der Waals surface area contributed by atoms with Crippen molar-refractivity contribution in [3.05, 3.63) is 34.3 Å². The van der Waals surface area contributed by atoms with Crippen molar-refractivity contribution in [3.8, 4) is 0 Å².